The van der Waals surface area contributed by atoms with Crippen LogP contribution in [0, 0.1) is 6.92 Å². The zero-order valence-corrected chi connectivity index (χ0v) is 16.4. The first-order valence-corrected chi connectivity index (χ1v) is 9.27. The Bertz CT molecular complexity index is 808. The minimum atomic E-state index is -0.823. The molecule has 1 N–H and O–H groups in total. The van der Waals surface area contributed by atoms with Gasteiger partial charge in [-0.2, -0.15) is 0 Å². The van der Waals surface area contributed by atoms with Gasteiger partial charge in [0.2, 0.25) is 0 Å². The summed E-state index contributed by atoms with van der Waals surface area (Å²) < 4.78 is 5.37. The number of rotatable bonds is 5. The van der Waals surface area contributed by atoms with Crippen LogP contribution >= 0.6 is 0 Å². The molecule has 1 aliphatic rings. The second kappa shape index (κ2) is 8.00. The third-order valence-corrected chi connectivity index (χ3v) is 4.98. The average Bonchev–Trinajstić information content (AvgIpc) is 2.68. The van der Waals surface area contributed by atoms with Crippen LogP contribution in [-0.2, 0) is 9.53 Å². The van der Waals surface area contributed by atoms with E-state index >= 15 is 0 Å². The number of amides is 1. The predicted octanol–water partition coefficient (Wildman–Crippen LogP) is 3.05. The summed E-state index contributed by atoms with van der Waals surface area (Å²) in [4.78, 5) is 28.2. The summed E-state index contributed by atoms with van der Waals surface area (Å²) in [7, 11) is 1.57. The zero-order chi connectivity index (χ0) is 19.4. The van der Waals surface area contributed by atoms with Crippen molar-refractivity contribution in [3.05, 3.63) is 42.0 Å². The van der Waals surface area contributed by atoms with Crippen LogP contribution in [0.1, 0.15) is 44.0 Å². The van der Waals surface area contributed by atoms with Crippen LogP contribution in [0.25, 0.3) is 0 Å². The van der Waals surface area contributed by atoms with Crippen molar-refractivity contribution in [1.82, 2.24) is 19.9 Å². The third-order valence-electron chi connectivity index (χ3n) is 4.98. The summed E-state index contributed by atoms with van der Waals surface area (Å²) in [5.41, 5.74) is 0.979. The number of ether oxygens (including phenoxy) is 1. The van der Waals surface area contributed by atoms with Crippen molar-refractivity contribution in [2.24, 2.45) is 0 Å². The van der Waals surface area contributed by atoms with E-state index in [4.69, 9.17) is 4.74 Å². The van der Waals surface area contributed by atoms with Crippen molar-refractivity contribution in [2.75, 3.05) is 25.5 Å². The van der Waals surface area contributed by atoms with Gasteiger partial charge in [-0.1, -0.05) is 6.07 Å². The number of carbonyl (C=O) groups is 1. The molecule has 0 bridgehead atoms. The van der Waals surface area contributed by atoms with Gasteiger partial charge in [0.25, 0.3) is 5.91 Å². The van der Waals surface area contributed by atoms with Crippen LogP contribution in [0.15, 0.2) is 30.6 Å². The number of methoxy groups -OCH3 is 1. The molecule has 0 spiro atoms. The molecule has 1 fully saturated rings. The van der Waals surface area contributed by atoms with E-state index in [2.05, 4.69) is 20.3 Å². The summed E-state index contributed by atoms with van der Waals surface area (Å²) in [5, 5.41) is 3.28. The Morgan fingerprint density at radius 2 is 2.07 bits per heavy atom. The van der Waals surface area contributed by atoms with Crippen LogP contribution in [0.4, 0.5) is 11.6 Å². The van der Waals surface area contributed by atoms with Gasteiger partial charge in [-0.05, 0) is 45.7 Å². The van der Waals surface area contributed by atoms with Gasteiger partial charge in [0.1, 0.15) is 11.4 Å². The molecule has 2 aromatic rings. The Morgan fingerprint density at radius 1 is 1.30 bits per heavy atom. The van der Waals surface area contributed by atoms with Gasteiger partial charge in [-0.3, -0.25) is 9.78 Å². The SMILES string of the molecule is COC(C)(C)C(=O)N1CCCC(c2nccnc2Nc2cccc(C)n2)C1. The van der Waals surface area contributed by atoms with E-state index < -0.39 is 5.60 Å². The van der Waals surface area contributed by atoms with Gasteiger partial charge in [0.05, 0.1) is 5.69 Å². The number of piperidine rings is 1. The average molecular weight is 369 g/mol. The minimum Gasteiger partial charge on any atom is -0.369 e. The quantitative estimate of drug-likeness (QED) is 0.872. The molecule has 7 heteroatoms. The molecule has 27 heavy (non-hydrogen) atoms. The number of nitrogens with one attached hydrogen (secondary N) is 1. The molecule has 1 saturated heterocycles. The van der Waals surface area contributed by atoms with Crippen LogP contribution < -0.4 is 5.32 Å². The highest BCUT2D eigenvalue weighted by atomic mass is 16.5. The Kier molecular flexibility index (Phi) is 5.70. The second-order valence-electron chi connectivity index (χ2n) is 7.38. The highest BCUT2D eigenvalue weighted by Gasteiger charge is 2.35. The summed E-state index contributed by atoms with van der Waals surface area (Å²) >= 11 is 0. The number of nitrogens with zero attached hydrogens (tertiary/aromatic N) is 4. The first-order valence-electron chi connectivity index (χ1n) is 9.27. The lowest BCUT2D eigenvalue weighted by atomic mass is 9.93. The minimum absolute atomic E-state index is 0.00782. The lowest BCUT2D eigenvalue weighted by molar-refractivity contribution is -0.152. The van der Waals surface area contributed by atoms with E-state index in [0.717, 1.165) is 36.6 Å². The Morgan fingerprint density at radius 3 is 2.81 bits per heavy atom. The van der Waals surface area contributed by atoms with Crippen molar-refractivity contribution in [3.63, 3.8) is 0 Å². The first kappa shape index (κ1) is 19.2. The normalized spacial score (nSPS) is 17.6. The molecule has 1 aliphatic heterocycles. The van der Waals surface area contributed by atoms with Crippen molar-refractivity contribution in [1.29, 1.82) is 0 Å². The summed E-state index contributed by atoms with van der Waals surface area (Å²) in [5.74, 6) is 1.56. The molecule has 2 aromatic heterocycles. The van der Waals surface area contributed by atoms with Gasteiger partial charge >= 0.3 is 0 Å². The molecule has 3 heterocycles. The maximum Gasteiger partial charge on any atom is 0.254 e. The first-order chi connectivity index (χ1) is 12.9. The van der Waals surface area contributed by atoms with Gasteiger partial charge in [-0.15, -0.1) is 0 Å². The number of anilines is 2. The molecule has 1 unspecified atom stereocenters. The van der Waals surface area contributed by atoms with Crippen LogP contribution in [0.5, 0.6) is 0 Å². The van der Waals surface area contributed by atoms with Crippen molar-refractivity contribution < 1.29 is 9.53 Å². The van der Waals surface area contributed by atoms with Gasteiger partial charge in [0.15, 0.2) is 5.82 Å². The number of aryl methyl sites for hydroxylation is 1. The molecule has 7 nitrogen and oxygen atoms in total. The van der Waals surface area contributed by atoms with Crippen LogP contribution in [-0.4, -0.2) is 51.6 Å². The molecule has 1 amide bonds. The van der Waals surface area contributed by atoms with Crippen molar-refractivity contribution in [3.8, 4) is 0 Å². The number of aromatic nitrogens is 3. The van der Waals surface area contributed by atoms with E-state index in [1.807, 2.05) is 30.0 Å². The van der Waals surface area contributed by atoms with E-state index in [1.165, 1.54) is 0 Å². The van der Waals surface area contributed by atoms with E-state index in [1.54, 1.807) is 33.4 Å². The number of likely N-dealkylation sites (tertiary alicyclic amines) is 1. The molecule has 0 aromatic carbocycles. The van der Waals surface area contributed by atoms with Crippen LogP contribution in [0.2, 0.25) is 0 Å². The van der Waals surface area contributed by atoms with E-state index in [0.29, 0.717) is 12.4 Å². The monoisotopic (exact) mass is 369 g/mol. The Hall–Kier alpha value is -2.54. The molecular weight excluding hydrogens is 342 g/mol. The highest BCUT2D eigenvalue weighted by Crippen LogP contribution is 2.31. The summed E-state index contributed by atoms with van der Waals surface area (Å²) in [6, 6.07) is 5.81. The standard InChI is InChI=1S/C20H27N5O2/c1-14-7-5-9-16(23-14)24-18-17(21-10-11-22-18)15-8-6-12-25(13-15)19(26)20(2,3)27-4/h5,7,9-11,15H,6,8,12-13H2,1-4H3,(H,22,23,24). The van der Waals surface area contributed by atoms with Gasteiger partial charge < -0.3 is 15.0 Å². The lowest BCUT2D eigenvalue weighted by Crippen LogP contribution is -2.49. The fourth-order valence-corrected chi connectivity index (χ4v) is 3.33. The van der Waals surface area contributed by atoms with E-state index in [-0.39, 0.29) is 11.8 Å². The molecule has 144 valence electrons. The lowest BCUT2D eigenvalue weighted by Gasteiger charge is -2.37. The molecule has 0 radical (unpaired) electrons. The fraction of sp³-hybridized carbons (Fsp3) is 0.500. The molecule has 0 saturated carbocycles. The largest absolute Gasteiger partial charge is 0.369 e. The van der Waals surface area contributed by atoms with Gasteiger partial charge in [-0.25, -0.2) is 9.97 Å². The fourth-order valence-electron chi connectivity index (χ4n) is 3.33. The highest BCUT2D eigenvalue weighted by molar-refractivity contribution is 5.84. The third kappa shape index (κ3) is 4.42. The number of pyridine rings is 1. The van der Waals surface area contributed by atoms with Crippen molar-refractivity contribution >= 4 is 17.5 Å². The zero-order valence-electron chi connectivity index (χ0n) is 16.4. The molecule has 0 aliphatic carbocycles. The maximum absolute atomic E-state index is 12.8. The maximum atomic E-state index is 12.8. The Balaban J connectivity index is 1.81. The second-order valence-corrected chi connectivity index (χ2v) is 7.38. The molecule has 1 atom stereocenters. The van der Waals surface area contributed by atoms with Gasteiger partial charge in [0, 0.05) is 44.2 Å². The molecule has 3 rings (SSSR count). The number of hydrogen-bond donors (Lipinski definition) is 1. The van der Waals surface area contributed by atoms with Crippen LogP contribution in [0.3, 0.4) is 0 Å². The van der Waals surface area contributed by atoms with Crippen molar-refractivity contribution in [2.45, 2.75) is 45.1 Å². The number of hydrogen-bond acceptors (Lipinski definition) is 6. The summed E-state index contributed by atoms with van der Waals surface area (Å²) in [6.45, 7) is 6.91. The molecular formula is C20H27N5O2. The Labute approximate surface area is 160 Å². The van der Waals surface area contributed by atoms with E-state index in [9.17, 15) is 4.79 Å². The smallest absolute Gasteiger partial charge is 0.254 e. The topological polar surface area (TPSA) is 80.2 Å². The number of carbonyl (C=O) groups excluding carboxylic acids is 1. The summed E-state index contributed by atoms with van der Waals surface area (Å²) in [6.07, 6.45) is 5.26. The predicted molar refractivity (Wildman–Crippen MR) is 104 cm³/mol.